The average molecular weight is 383 g/mol. The fraction of sp³-hybridized carbons (Fsp3) is 0.350. The van der Waals surface area contributed by atoms with Crippen molar-refractivity contribution in [1.29, 1.82) is 0 Å². The fourth-order valence-corrected chi connectivity index (χ4v) is 3.36. The molecule has 4 rings (SSSR count). The van der Waals surface area contributed by atoms with Gasteiger partial charge in [-0.05, 0) is 43.4 Å². The molecular weight excluding hydrogens is 362 g/mol. The van der Waals surface area contributed by atoms with Gasteiger partial charge in [-0.2, -0.15) is 0 Å². The van der Waals surface area contributed by atoms with Gasteiger partial charge in [0.25, 0.3) is 5.91 Å². The molecule has 0 aliphatic heterocycles. The Bertz CT molecular complexity index is 1010. The van der Waals surface area contributed by atoms with E-state index in [0.29, 0.717) is 29.1 Å². The van der Waals surface area contributed by atoms with Crippen molar-refractivity contribution >= 4 is 11.8 Å². The van der Waals surface area contributed by atoms with Crippen LogP contribution in [0.5, 0.6) is 11.5 Å². The standard InChI is InChI=1S/C20H21N3O5/c1-11-4-6-14-13(8-11)20(28-22-14)21-19(24)15-10-17(27-23-15)12-5-7-16(25-2)18(9-12)26-3/h5,7,9-11H,4,6,8H2,1-3H3,(H,21,24)/t11-/m0/s1. The summed E-state index contributed by atoms with van der Waals surface area (Å²) in [7, 11) is 3.12. The Morgan fingerprint density at radius 1 is 1.14 bits per heavy atom. The van der Waals surface area contributed by atoms with Gasteiger partial charge in [0.15, 0.2) is 23.0 Å². The number of methoxy groups -OCH3 is 2. The average Bonchev–Trinajstić information content (AvgIpc) is 3.35. The number of carbonyl (C=O) groups excluding carboxylic acids is 1. The molecule has 0 spiro atoms. The van der Waals surface area contributed by atoms with Crippen LogP contribution in [0.1, 0.15) is 35.1 Å². The van der Waals surface area contributed by atoms with Crippen molar-refractivity contribution in [3.8, 4) is 22.8 Å². The summed E-state index contributed by atoms with van der Waals surface area (Å²) in [6.45, 7) is 2.18. The van der Waals surface area contributed by atoms with E-state index in [0.717, 1.165) is 36.1 Å². The quantitative estimate of drug-likeness (QED) is 0.716. The van der Waals surface area contributed by atoms with E-state index in [9.17, 15) is 4.79 Å². The molecule has 146 valence electrons. The summed E-state index contributed by atoms with van der Waals surface area (Å²) in [6, 6.07) is 6.90. The summed E-state index contributed by atoms with van der Waals surface area (Å²) >= 11 is 0. The second-order valence-corrected chi connectivity index (χ2v) is 6.89. The van der Waals surface area contributed by atoms with E-state index in [2.05, 4.69) is 22.6 Å². The summed E-state index contributed by atoms with van der Waals surface area (Å²) in [5.41, 5.74) is 2.75. The van der Waals surface area contributed by atoms with Gasteiger partial charge in [-0.25, -0.2) is 0 Å². The van der Waals surface area contributed by atoms with Crippen molar-refractivity contribution in [1.82, 2.24) is 10.3 Å². The summed E-state index contributed by atoms with van der Waals surface area (Å²) in [6.07, 6.45) is 2.78. The van der Waals surface area contributed by atoms with Crippen molar-refractivity contribution in [2.45, 2.75) is 26.2 Å². The lowest BCUT2D eigenvalue weighted by Crippen LogP contribution is -2.16. The van der Waals surface area contributed by atoms with Crippen molar-refractivity contribution in [2.24, 2.45) is 5.92 Å². The Morgan fingerprint density at radius 3 is 2.75 bits per heavy atom. The predicted octanol–water partition coefficient (Wildman–Crippen LogP) is 3.72. The van der Waals surface area contributed by atoms with E-state index in [-0.39, 0.29) is 5.69 Å². The number of anilines is 1. The van der Waals surface area contributed by atoms with Crippen molar-refractivity contribution in [3.63, 3.8) is 0 Å². The number of nitrogens with zero attached hydrogens (tertiary/aromatic N) is 2. The maximum absolute atomic E-state index is 12.6. The number of aromatic nitrogens is 2. The van der Waals surface area contributed by atoms with E-state index >= 15 is 0 Å². The molecule has 1 aromatic carbocycles. The number of amides is 1. The van der Waals surface area contributed by atoms with Gasteiger partial charge >= 0.3 is 0 Å². The molecule has 1 aliphatic rings. The molecule has 8 nitrogen and oxygen atoms in total. The molecule has 1 N–H and O–H groups in total. The number of ether oxygens (including phenoxy) is 2. The summed E-state index contributed by atoms with van der Waals surface area (Å²) in [5, 5.41) is 10.7. The molecule has 0 radical (unpaired) electrons. The molecule has 0 unspecified atom stereocenters. The molecule has 2 heterocycles. The molecule has 1 aliphatic carbocycles. The molecule has 28 heavy (non-hydrogen) atoms. The highest BCUT2D eigenvalue weighted by molar-refractivity contribution is 6.03. The van der Waals surface area contributed by atoms with E-state index in [1.54, 1.807) is 38.5 Å². The minimum Gasteiger partial charge on any atom is -0.493 e. The van der Waals surface area contributed by atoms with Crippen LogP contribution in [0, 0.1) is 5.92 Å². The number of hydrogen-bond acceptors (Lipinski definition) is 7. The molecule has 3 aromatic rings. The van der Waals surface area contributed by atoms with Gasteiger partial charge in [0.1, 0.15) is 0 Å². The molecule has 8 heteroatoms. The van der Waals surface area contributed by atoms with E-state index in [4.69, 9.17) is 18.5 Å². The lowest BCUT2D eigenvalue weighted by atomic mass is 9.89. The summed E-state index contributed by atoms with van der Waals surface area (Å²) in [4.78, 5) is 12.6. The fourth-order valence-electron chi connectivity index (χ4n) is 3.36. The number of hydrogen-bond donors (Lipinski definition) is 1. The van der Waals surface area contributed by atoms with Crippen molar-refractivity contribution in [2.75, 3.05) is 19.5 Å². The Balaban J connectivity index is 1.53. The summed E-state index contributed by atoms with van der Waals surface area (Å²) < 4.78 is 21.2. The van der Waals surface area contributed by atoms with Crippen LogP contribution in [0.25, 0.3) is 11.3 Å². The number of aryl methyl sites for hydroxylation is 1. The molecule has 0 saturated carbocycles. The number of benzene rings is 1. The zero-order valence-corrected chi connectivity index (χ0v) is 15.9. The first-order valence-corrected chi connectivity index (χ1v) is 9.07. The lowest BCUT2D eigenvalue weighted by Gasteiger charge is -2.16. The first-order valence-electron chi connectivity index (χ1n) is 9.07. The van der Waals surface area contributed by atoms with Gasteiger partial charge in [0, 0.05) is 17.2 Å². The molecular formula is C20H21N3O5. The Labute approximate surface area is 161 Å². The number of carbonyl (C=O) groups is 1. The normalized spacial score (nSPS) is 15.8. The van der Waals surface area contributed by atoms with Crippen molar-refractivity contribution in [3.05, 3.63) is 41.2 Å². The SMILES string of the molecule is COc1ccc(-c2cc(C(=O)Nc3onc4c3C[C@@H](C)CC4)no2)cc1OC. The highest BCUT2D eigenvalue weighted by atomic mass is 16.5. The van der Waals surface area contributed by atoms with Crippen LogP contribution in [-0.4, -0.2) is 30.4 Å². The van der Waals surface area contributed by atoms with Gasteiger partial charge in [-0.3, -0.25) is 10.1 Å². The zero-order chi connectivity index (χ0) is 19.7. The minimum absolute atomic E-state index is 0.152. The van der Waals surface area contributed by atoms with E-state index in [1.165, 1.54) is 0 Å². The van der Waals surface area contributed by atoms with Crippen LogP contribution in [0.15, 0.2) is 33.3 Å². The number of nitrogens with one attached hydrogen (secondary N) is 1. The van der Waals surface area contributed by atoms with Crippen LogP contribution in [-0.2, 0) is 12.8 Å². The third-order valence-corrected chi connectivity index (χ3v) is 4.93. The maximum atomic E-state index is 12.6. The second-order valence-electron chi connectivity index (χ2n) is 6.89. The van der Waals surface area contributed by atoms with Gasteiger partial charge in [-0.1, -0.05) is 17.2 Å². The maximum Gasteiger partial charge on any atom is 0.280 e. The Hall–Kier alpha value is -3.29. The van der Waals surface area contributed by atoms with Gasteiger partial charge in [0.2, 0.25) is 5.88 Å². The molecule has 0 bridgehead atoms. The zero-order valence-electron chi connectivity index (χ0n) is 15.9. The molecule has 0 saturated heterocycles. The summed E-state index contributed by atoms with van der Waals surface area (Å²) in [5.74, 6) is 2.12. The van der Waals surface area contributed by atoms with E-state index < -0.39 is 5.91 Å². The lowest BCUT2D eigenvalue weighted by molar-refractivity contribution is 0.101. The van der Waals surface area contributed by atoms with Crippen LogP contribution in [0.3, 0.4) is 0 Å². The van der Waals surface area contributed by atoms with E-state index in [1.807, 2.05) is 0 Å². The number of fused-ring (bicyclic) bond motifs is 1. The molecule has 2 aromatic heterocycles. The van der Waals surface area contributed by atoms with Gasteiger partial charge in [0.05, 0.1) is 19.9 Å². The molecule has 0 fully saturated rings. The Morgan fingerprint density at radius 2 is 1.96 bits per heavy atom. The highest BCUT2D eigenvalue weighted by Crippen LogP contribution is 2.33. The molecule has 1 atom stereocenters. The topological polar surface area (TPSA) is 99.6 Å². The Kier molecular flexibility index (Phi) is 4.77. The highest BCUT2D eigenvalue weighted by Gasteiger charge is 2.25. The monoisotopic (exact) mass is 383 g/mol. The number of rotatable bonds is 5. The van der Waals surface area contributed by atoms with Crippen LogP contribution in [0.2, 0.25) is 0 Å². The third kappa shape index (κ3) is 3.33. The van der Waals surface area contributed by atoms with Crippen LogP contribution >= 0.6 is 0 Å². The minimum atomic E-state index is -0.410. The molecule has 1 amide bonds. The predicted molar refractivity (Wildman–Crippen MR) is 101 cm³/mol. The van der Waals surface area contributed by atoms with Crippen LogP contribution in [0.4, 0.5) is 5.88 Å². The second kappa shape index (κ2) is 7.38. The first kappa shape index (κ1) is 18.1. The largest absolute Gasteiger partial charge is 0.493 e. The van der Waals surface area contributed by atoms with Gasteiger partial charge < -0.3 is 18.5 Å². The van der Waals surface area contributed by atoms with Crippen LogP contribution < -0.4 is 14.8 Å². The van der Waals surface area contributed by atoms with Crippen molar-refractivity contribution < 1.29 is 23.3 Å². The smallest absolute Gasteiger partial charge is 0.280 e. The van der Waals surface area contributed by atoms with Gasteiger partial charge in [-0.15, -0.1) is 0 Å². The third-order valence-electron chi connectivity index (χ3n) is 4.93. The first-order chi connectivity index (χ1) is 13.6.